The third kappa shape index (κ3) is 11.8. The highest BCUT2D eigenvalue weighted by Gasteiger charge is 2.44. The van der Waals surface area contributed by atoms with E-state index in [1.807, 2.05) is 64.4 Å². The summed E-state index contributed by atoms with van der Waals surface area (Å²) in [6.45, 7) is 9.69. The number of nitrogens with zero attached hydrogens (tertiary/aromatic N) is 2. The van der Waals surface area contributed by atoms with Crippen LogP contribution in [0.4, 0.5) is 10.1 Å². The number of likely N-dealkylation sites (tertiary alicyclic amines) is 1. The summed E-state index contributed by atoms with van der Waals surface area (Å²) < 4.78 is 15.1. The fourth-order valence-corrected chi connectivity index (χ4v) is 7.42. The van der Waals surface area contributed by atoms with E-state index in [1.54, 1.807) is 29.5 Å². The lowest BCUT2D eigenvalue weighted by Gasteiger charge is -2.35. The summed E-state index contributed by atoms with van der Waals surface area (Å²) in [5.74, 6) is -1.85. The van der Waals surface area contributed by atoms with E-state index < -0.39 is 35.4 Å². The molecule has 1 fully saturated rings. The first-order chi connectivity index (χ1) is 25.5. The van der Waals surface area contributed by atoms with Crippen molar-refractivity contribution >= 4 is 40.7 Å². The molecule has 4 amide bonds. The number of carbonyl (C=O) groups excluding carboxylic acids is 4. The molecule has 12 nitrogen and oxygen atoms in total. The zero-order chi connectivity index (χ0) is 39.6. The average molecular weight is 766 g/mol. The van der Waals surface area contributed by atoms with Gasteiger partial charge >= 0.3 is 0 Å². The minimum absolute atomic E-state index is 0.00791. The number of aryl methyl sites for hydroxylation is 2. The standard InChI is InChI=1S/C40H56FN7O5S/c1-24(26-14-16-28(17-15-26)36-25(2)45-23-54-36)46-38(52)32-20-30(49)22-48(32)39(53)37(40(3,4)5)47-34(51)13-8-6-7-10-27-11-9-12-31(35(27)41)44-21-29(42)18-19-33(43)50/h9,11-12,14-17,23-24,29-30,32,37,44,49H,6-8,10,13,18-22,42H2,1-5H3,(H2,43,50)(H,46,52)(H,47,51)/t24-,29?,30+,32-,37+/m0/s1. The van der Waals surface area contributed by atoms with Crippen LogP contribution in [0.2, 0.25) is 0 Å². The van der Waals surface area contributed by atoms with Gasteiger partial charge < -0.3 is 37.4 Å². The van der Waals surface area contributed by atoms with Crippen molar-refractivity contribution in [1.82, 2.24) is 20.5 Å². The van der Waals surface area contributed by atoms with Crippen molar-refractivity contribution in [3.63, 3.8) is 0 Å². The van der Waals surface area contributed by atoms with Gasteiger partial charge in [0.15, 0.2) is 0 Å². The van der Waals surface area contributed by atoms with E-state index in [2.05, 4.69) is 20.9 Å². The van der Waals surface area contributed by atoms with Gasteiger partial charge in [0.2, 0.25) is 23.6 Å². The van der Waals surface area contributed by atoms with Crippen LogP contribution in [0.15, 0.2) is 48.0 Å². The molecule has 0 spiro atoms. The molecule has 14 heteroatoms. The SMILES string of the molecule is Cc1ncsc1-c1ccc([C@H](C)NC(=O)[C@@H]2C[C@@H](O)CN2C(=O)[C@@H](NC(=O)CCCCCc2cccc(NCC(N)CCC(N)=O)c2F)C(C)(C)C)cc1. The quantitative estimate of drug-likeness (QED) is 0.100. The molecule has 2 heterocycles. The van der Waals surface area contributed by atoms with Crippen molar-refractivity contribution in [3.05, 3.63) is 70.6 Å². The van der Waals surface area contributed by atoms with Crippen molar-refractivity contribution in [1.29, 1.82) is 0 Å². The number of thiazole rings is 1. The number of unbranched alkanes of at least 4 members (excludes halogenated alkanes) is 2. The Morgan fingerprint density at radius 2 is 1.78 bits per heavy atom. The first kappa shape index (κ1) is 42.3. The van der Waals surface area contributed by atoms with E-state index in [4.69, 9.17) is 11.5 Å². The molecule has 1 unspecified atom stereocenters. The number of amides is 4. The highest BCUT2D eigenvalue weighted by molar-refractivity contribution is 7.13. The number of aliphatic hydroxyl groups is 1. The van der Waals surface area contributed by atoms with Crippen LogP contribution < -0.4 is 27.4 Å². The molecule has 294 valence electrons. The van der Waals surface area contributed by atoms with Gasteiger partial charge in [-0.2, -0.15) is 0 Å². The van der Waals surface area contributed by atoms with Crippen molar-refractivity contribution in [2.75, 3.05) is 18.4 Å². The summed E-state index contributed by atoms with van der Waals surface area (Å²) in [5.41, 5.74) is 16.1. The molecule has 0 aliphatic carbocycles. The van der Waals surface area contributed by atoms with E-state index in [-0.39, 0.29) is 55.5 Å². The molecule has 0 saturated carbocycles. The van der Waals surface area contributed by atoms with Crippen LogP contribution in [0.5, 0.6) is 0 Å². The van der Waals surface area contributed by atoms with Crippen molar-refractivity contribution in [2.45, 2.75) is 116 Å². The molecule has 8 N–H and O–H groups in total. The monoisotopic (exact) mass is 765 g/mol. The Hall–Kier alpha value is -4.40. The van der Waals surface area contributed by atoms with E-state index in [0.717, 1.165) is 21.7 Å². The summed E-state index contributed by atoms with van der Waals surface area (Å²) in [7, 11) is 0. The summed E-state index contributed by atoms with van der Waals surface area (Å²) in [5, 5.41) is 19.5. The molecule has 2 aromatic carbocycles. The topological polar surface area (TPSA) is 193 Å². The van der Waals surface area contributed by atoms with E-state index in [9.17, 15) is 24.3 Å². The molecule has 1 saturated heterocycles. The van der Waals surface area contributed by atoms with Gasteiger partial charge in [0, 0.05) is 38.4 Å². The number of halogens is 1. The summed E-state index contributed by atoms with van der Waals surface area (Å²) in [4.78, 5) is 58.5. The lowest BCUT2D eigenvalue weighted by Crippen LogP contribution is -2.57. The minimum atomic E-state index is -0.918. The normalized spacial score (nSPS) is 17.4. The van der Waals surface area contributed by atoms with Gasteiger partial charge in [-0.25, -0.2) is 9.37 Å². The second-order valence-electron chi connectivity index (χ2n) is 15.4. The van der Waals surface area contributed by atoms with Crippen LogP contribution in [-0.2, 0) is 25.6 Å². The number of nitrogens with one attached hydrogen (secondary N) is 3. The summed E-state index contributed by atoms with van der Waals surface area (Å²) >= 11 is 1.57. The first-order valence-electron chi connectivity index (χ1n) is 18.7. The molecular weight excluding hydrogens is 710 g/mol. The number of β-amino-alcohol motifs (C(OH)–C–C–N with tert-alkyl or cyclic N) is 1. The number of anilines is 1. The Morgan fingerprint density at radius 3 is 2.43 bits per heavy atom. The lowest BCUT2D eigenvalue weighted by molar-refractivity contribution is -0.144. The molecule has 1 aliphatic rings. The van der Waals surface area contributed by atoms with Crippen LogP contribution in [0.3, 0.4) is 0 Å². The van der Waals surface area contributed by atoms with Crippen molar-refractivity contribution in [3.8, 4) is 10.4 Å². The van der Waals surface area contributed by atoms with Gasteiger partial charge in [-0.1, -0.05) is 63.6 Å². The highest BCUT2D eigenvalue weighted by Crippen LogP contribution is 2.30. The molecule has 54 heavy (non-hydrogen) atoms. The summed E-state index contributed by atoms with van der Waals surface area (Å²) in [6.07, 6.45) is 2.34. The molecule has 5 atom stereocenters. The van der Waals surface area contributed by atoms with Gasteiger partial charge in [-0.3, -0.25) is 19.2 Å². The van der Waals surface area contributed by atoms with Gasteiger partial charge in [-0.05, 0) is 67.7 Å². The third-order valence-electron chi connectivity index (χ3n) is 9.81. The van der Waals surface area contributed by atoms with Gasteiger partial charge in [0.25, 0.3) is 0 Å². The molecular formula is C40H56FN7O5S. The molecule has 1 aromatic heterocycles. The minimum Gasteiger partial charge on any atom is -0.391 e. The molecule has 0 bridgehead atoms. The summed E-state index contributed by atoms with van der Waals surface area (Å²) in [6, 6.07) is 10.6. The predicted molar refractivity (Wildman–Crippen MR) is 210 cm³/mol. The van der Waals surface area contributed by atoms with E-state index in [1.165, 1.54) is 4.90 Å². The molecule has 4 rings (SSSR count). The predicted octanol–water partition coefficient (Wildman–Crippen LogP) is 4.74. The Labute approximate surface area is 321 Å². The maximum atomic E-state index is 15.1. The fourth-order valence-electron chi connectivity index (χ4n) is 6.61. The first-order valence-corrected chi connectivity index (χ1v) is 19.6. The Bertz CT molecular complexity index is 1740. The number of hydrogen-bond donors (Lipinski definition) is 6. The maximum absolute atomic E-state index is 15.1. The number of primary amides is 1. The Balaban J connectivity index is 1.27. The second-order valence-corrected chi connectivity index (χ2v) is 16.2. The highest BCUT2D eigenvalue weighted by atomic mass is 32.1. The van der Waals surface area contributed by atoms with Crippen molar-refractivity contribution < 1.29 is 28.7 Å². The fraction of sp³-hybridized carbons (Fsp3) is 0.525. The number of aromatic nitrogens is 1. The van der Waals surface area contributed by atoms with Crippen LogP contribution in [0.1, 0.15) is 95.5 Å². The van der Waals surface area contributed by atoms with E-state index in [0.29, 0.717) is 49.9 Å². The molecule has 1 aliphatic heterocycles. The zero-order valence-electron chi connectivity index (χ0n) is 32.0. The number of carbonyl (C=O) groups is 4. The average Bonchev–Trinajstić information content (AvgIpc) is 3.74. The number of nitrogens with two attached hydrogens (primary N) is 2. The van der Waals surface area contributed by atoms with Gasteiger partial charge in [0.1, 0.15) is 17.9 Å². The van der Waals surface area contributed by atoms with E-state index >= 15 is 4.39 Å². The van der Waals surface area contributed by atoms with Crippen molar-refractivity contribution in [2.24, 2.45) is 16.9 Å². The molecule has 0 radical (unpaired) electrons. The number of benzene rings is 2. The Kier molecular flexibility index (Phi) is 15.1. The Morgan fingerprint density at radius 1 is 1.06 bits per heavy atom. The lowest BCUT2D eigenvalue weighted by atomic mass is 9.85. The number of hydrogen-bond acceptors (Lipinski definition) is 9. The smallest absolute Gasteiger partial charge is 0.246 e. The number of aliphatic hydroxyl groups excluding tert-OH is 1. The zero-order valence-corrected chi connectivity index (χ0v) is 32.8. The van der Waals surface area contributed by atoms with Crippen LogP contribution in [-0.4, -0.2) is 75.9 Å². The van der Waals surface area contributed by atoms with Crippen LogP contribution in [0.25, 0.3) is 10.4 Å². The van der Waals surface area contributed by atoms with Gasteiger partial charge in [0.05, 0.1) is 33.9 Å². The maximum Gasteiger partial charge on any atom is 0.246 e. The number of rotatable bonds is 18. The third-order valence-corrected chi connectivity index (χ3v) is 10.8. The van der Waals surface area contributed by atoms with Gasteiger partial charge in [-0.15, -0.1) is 11.3 Å². The van der Waals surface area contributed by atoms with Crippen LogP contribution in [0, 0.1) is 18.2 Å². The second kappa shape index (κ2) is 19.3. The largest absolute Gasteiger partial charge is 0.391 e. The molecule has 3 aromatic rings. The van der Waals surface area contributed by atoms with Crippen LogP contribution >= 0.6 is 11.3 Å².